The topological polar surface area (TPSA) is 32.8 Å². The summed E-state index contributed by atoms with van der Waals surface area (Å²) in [5.41, 5.74) is -1.27. The number of ether oxygens (including phenoxy) is 1. The molecule has 0 spiro atoms. The average molecular weight is 293 g/mol. The monoisotopic (exact) mass is 293 g/mol. The third kappa shape index (κ3) is 5.44. The lowest BCUT2D eigenvalue weighted by Crippen LogP contribution is -2.51. The number of rotatable bonds is 3. The van der Waals surface area contributed by atoms with Crippen LogP contribution in [-0.2, 0) is 4.74 Å². The molecule has 0 atom stereocenters. The van der Waals surface area contributed by atoms with Crippen molar-refractivity contribution in [3.05, 3.63) is 12.1 Å². The highest BCUT2D eigenvalue weighted by molar-refractivity contribution is 6.66. The largest absolute Gasteiger partial charge is 0.506 e. The van der Waals surface area contributed by atoms with E-state index < -0.39 is 24.1 Å². The number of carbonyl (C=O) groups is 1. The van der Waals surface area contributed by atoms with E-state index in [1.807, 2.05) is 0 Å². The fourth-order valence-electron chi connectivity index (χ4n) is 1.81. The van der Waals surface area contributed by atoms with Crippen LogP contribution in [0.5, 0.6) is 0 Å². The van der Waals surface area contributed by atoms with Crippen LogP contribution in [0.25, 0.3) is 0 Å². The van der Waals surface area contributed by atoms with E-state index in [-0.39, 0.29) is 6.54 Å². The molecule has 0 radical (unpaired) electrons. The van der Waals surface area contributed by atoms with E-state index in [2.05, 4.69) is 6.58 Å². The summed E-state index contributed by atoms with van der Waals surface area (Å²) < 4.78 is 42.6. The molecule has 8 heteroatoms. The Hall–Kier alpha value is -1.18. The van der Waals surface area contributed by atoms with Gasteiger partial charge in [0.25, 0.3) is 0 Å². The molecule has 0 aromatic heterocycles. The van der Waals surface area contributed by atoms with Gasteiger partial charge in [0, 0.05) is 26.2 Å². The van der Waals surface area contributed by atoms with E-state index in [1.54, 1.807) is 25.7 Å². The minimum Gasteiger partial charge on any atom is -0.445 e. The molecule has 0 saturated carbocycles. The van der Waals surface area contributed by atoms with Crippen LogP contribution in [0.3, 0.4) is 0 Å². The molecule has 0 aliphatic carbocycles. The highest BCUT2D eigenvalue weighted by Crippen LogP contribution is 2.20. The van der Waals surface area contributed by atoms with Crippen molar-refractivity contribution in [2.45, 2.75) is 26.4 Å². The smallest absolute Gasteiger partial charge is 0.445 e. The van der Waals surface area contributed by atoms with Gasteiger partial charge in [0.1, 0.15) is 5.60 Å². The quantitative estimate of drug-likeness (QED) is 0.749. The molecule has 1 aliphatic rings. The number of carbonyl (C=O) groups excluding carboxylic acids is 1. The molecule has 4 nitrogen and oxygen atoms in total. The second-order valence-electron chi connectivity index (χ2n) is 5.98. The van der Waals surface area contributed by atoms with Crippen LogP contribution in [-0.4, -0.2) is 61.2 Å². The molecule has 1 aliphatic heterocycles. The Morgan fingerprint density at radius 1 is 1.20 bits per heavy atom. The molecule has 0 bridgehead atoms. The predicted octanol–water partition coefficient (Wildman–Crippen LogP) is 2.48. The van der Waals surface area contributed by atoms with Gasteiger partial charge in [-0.2, -0.15) is 0 Å². The number of amides is 1. The van der Waals surface area contributed by atoms with Crippen LogP contribution >= 0.6 is 0 Å². The van der Waals surface area contributed by atoms with Gasteiger partial charge in [0.05, 0.1) is 0 Å². The number of hydrogen-bond acceptors (Lipinski definition) is 3. The summed E-state index contributed by atoms with van der Waals surface area (Å²) in [7, 11) is 0. The molecular formula is C12H21BF3N2O2-. The van der Waals surface area contributed by atoms with E-state index in [4.69, 9.17) is 4.74 Å². The Labute approximate surface area is 117 Å². The van der Waals surface area contributed by atoms with E-state index in [0.717, 1.165) is 0 Å². The van der Waals surface area contributed by atoms with Gasteiger partial charge in [-0.3, -0.25) is 4.90 Å². The molecule has 0 aromatic rings. The van der Waals surface area contributed by atoms with Crippen LogP contribution in [0.4, 0.5) is 17.7 Å². The highest BCUT2D eigenvalue weighted by Gasteiger charge is 2.30. The standard InChI is InChI=1S/C12H21BF3N2O2/c1-10(13(14,15)16)9-17-5-7-18(8-6-17)11(19)20-12(2,3)4/h1,5-9H2,2-4H3/q-1. The Morgan fingerprint density at radius 2 is 1.70 bits per heavy atom. The zero-order valence-corrected chi connectivity index (χ0v) is 12.2. The first kappa shape index (κ1) is 16.9. The van der Waals surface area contributed by atoms with Gasteiger partial charge in [-0.05, 0) is 27.3 Å². The minimum absolute atomic E-state index is 0.189. The number of halogens is 3. The van der Waals surface area contributed by atoms with Gasteiger partial charge in [-0.15, -0.1) is 12.1 Å². The lowest BCUT2D eigenvalue weighted by atomic mass is 9.80. The van der Waals surface area contributed by atoms with Gasteiger partial charge in [0.2, 0.25) is 0 Å². The van der Waals surface area contributed by atoms with Crippen molar-refractivity contribution < 1.29 is 22.5 Å². The van der Waals surface area contributed by atoms with Crippen molar-refractivity contribution in [1.82, 2.24) is 9.80 Å². The summed E-state index contributed by atoms with van der Waals surface area (Å²) in [5.74, 6) is 0. The molecule has 0 N–H and O–H groups in total. The van der Waals surface area contributed by atoms with Crippen LogP contribution in [0.1, 0.15) is 20.8 Å². The first-order chi connectivity index (χ1) is 8.99. The van der Waals surface area contributed by atoms with Gasteiger partial charge >= 0.3 is 13.1 Å². The molecule has 1 rings (SSSR count). The molecule has 0 aromatic carbocycles. The third-order valence-corrected chi connectivity index (χ3v) is 2.91. The lowest BCUT2D eigenvalue weighted by molar-refractivity contribution is 0.0152. The van der Waals surface area contributed by atoms with Crippen molar-refractivity contribution in [2.24, 2.45) is 0 Å². The maximum Gasteiger partial charge on any atom is 0.506 e. The van der Waals surface area contributed by atoms with Crippen LogP contribution < -0.4 is 0 Å². The molecule has 1 saturated heterocycles. The van der Waals surface area contributed by atoms with Gasteiger partial charge < -0.3 is 22.6 Å². The summed E-state index contributed by atoms with van der Waals surface area (Å²) in [6, 6.07) is 0. The Bertz CT molecular complexity index is 372. The molecule has 1 heterocycles. The first-order valence-electron chi connectivity index (χ1n) is 6.57. The van der Waals surface area contributed by atoms with Gasteiger partial charge in [-0.25, -0.2) is 4.79 Å². The van der Waals surface area contributed by atoms with Crippen molar-refractivity contribution in [3.8, 4) is 0 Å². The van der Waals surface area contributed by atoms with Crippen molar-refractivity contribution in [2.75, 3.05) is 32.7 Å². The summed E-state index contributed by atoms with van der Waals surface area (Å²) in [6.45, 7) is 4.75. The summed E-state index contributed by atoms with van der Waals surface area (Å²) in [4.78, 5) is 15.0. The third-order valence-electron chi connectivity index (χ3n) is 2.91. The highest BCUT2D eigenvalue weighted by atomic mass is 19.4. The van der Waals surface area contributed by atoms with Gasteiger partial charge in [0.15, 0.2) is 0 Å². The Balaban J connectivity index is 2.41. The fraction of sp³-hybridized carbons (Fsp3) is 0.750. The second kappa shape index (κ2) is 6.07. The van der Waals surface area contributed by atoms with E-state index in [9.17, 15) is 17.7 Å². The zero-order valence-electron chi connectivity index (χ0n) is 12.2. The van der Waals surface area contributed by atoms with Crippen LogP contribution in [0, 0.1) is 0 Å². The Kier molecular flexibility index (Phi) is 5.12. The summed E-state index contributed by atoms with van der Waals surface area (Å²) >= 11 is 0. The Morgan fingerprint density at radius 3 is 2.10 bits per heavy atom. The zero-order chi connectivity index (χ0) is 15.6. The molecule has 1 fully saturated rings. The molecule has 0 unspecified atom stereocenters. The van der Waals surface area contributed by atoms with Crippen molar-refractivity contribution >= 4 is 13.1 Å². The number of hydrogen-bond donors (Lipinski definition) is 0. The van der Waals surface area contributed by atoms with E-state index >= 15 is 0 Å². The SMILES string of the molecule is C=C(CN1CCN(C(=O)OC(C)(C)C)CC1)[B-](F)(F)F. The van der Waals surface area contributed by atoms with Gasteiger partial charge in [-0.1, -0.05) is 0 Å². The fourth-order valence-corrected chi connectivity index (χ4v) is 1.81. The minimum atomic E-state index is -4.99. The maximum absolute atomic E-state index is 12.4. The second-order valence-corrected chi connectivity index (χ2v) is 5.98. The molecule has 20 heavy (non-hydrogen) atoms. The molecule has 116 valence electrons. The normalized spacial score (nSPS) is 18.0. The van der Waals surface area contributed by atoms with Crippen LogP contribution in [0.15, 0.2) is 12.1 Å². The first-order valence-corrected chi connectivity index (χ1v) is 6.57. The van der Waals surface area contributed by atoms with Crippen molar-refractivity contribution in [1.29, 1.82) is 0 Å². The predicted molar refractivity (Wildman–Crippen MR) is 72.5 cm³/mol. The summed E-state index contributed by atoms with van der Waals surface area (Å²) in [6.07, 6.45) is -0.420. The molecule has 1 amide bonds. The maximum atomic E-state index is 12.4. The molecular weight excluding hydrogens is 272 g/mol. The number of nitrogens with zero attached hydrogens (tertiary/aromatic N) is 2. The van der Waals surface area contributed by atoms with E-state index in [1.165, 1.54) is 4.90 Å². The van der Waals surface area contributed by atoms with Crippen molar-refractivity contribution in [3.63, 3.8) is 0 Å². The van der Waals surface area contributed by atoms with E-state index in [0.29, 0.717) is 26.2 Å². The van der Waals surface area contributed by atoms with Crippen LogP contribution in [0.2, 0.25) is 0 Å². The average Bonchev–Trinajstić information content (AvgIpc) is 2.26. The number of piperazine rings is 1. The lowest BCUT2D eigenvalue weighted by Gasteiger charge is -2.37. The summed E-state index contributed by atoms with van der Waals surface area (Å²) in [5, 5.41) is 0.